The highest BCUT2D eigenvalue weighted by Crippen LogP contribution is 2.24. The molecule has 162 valence electrons. The van der Waals surface area contributed by atoms with Gasteiger partial charge < -0.3 is 10.6 Å². The summed E-state index contributed by atoms with van der Waals surface area (Å²) in [6, 6.07) is 21.1. The van der Waals surface area contributed by atoms with Gasteiger partial charge >= 0.3 is 0 Å². The van der Waals surface area contributed by atoms with Crippen LogP contribution in [0.2, 0.25) is 10.0 Å². The number of nitrogens with zero attached hydrogens (tertiary/aromatic N) is 1. The Bertz CT molecular complexity index is 1060. The Balaban J connectivity index is 1.86. The van der Waals surface area contributed by atoms with Gasteiger partial charge in [-0.25, -0.2) is 0 Å². The van der Waals surface area contributed by atoms with Crippen molar-refractivity contribution in [3.63, 3.8) is 0 Å². The van der Waals surface area contributed by atoms with Gasteiger partial charge in [0, 0.05) is 28.8 Å². The first-order valence-electron chi connectivity index (χ1n) is 10.3. The lowest BCUT2D eigenvalue weighted by Crippen LogP contribution is -2.33. The van der Waals surface area contributed by atoms with Crippen molar-refractivity contribution < 1.29 is 4.79 Å². The second kappa shape index (κ2) is 9.76. The number of hydrogen-bond donors (Lipinski definition) is 1. The fourth-order valence-corrected chi connectivity index (χ4v) is 3.81. The zero-order chi connectivity index (χ0) is 22.6. The number of anilines is 1. The SMILES string of the molecule is CC(C)(C)c1ccc(CN(CCc2cccc(Cl)c2)C(=O)c2cc(Cl)ccc2N)cc1. The van der Waals surface area contributed by atoms with Gasteiger partial charge in [-0.2, -0.15) is 0 Å². The highest BCUT2D eigenvalue weighted by atomic mass is 35.5. The van der Waals surface area contributed by atoms with E-state index in [9.17, 15) is 4.79 Å². The van der Waals surface area contributed by atoms with Crippen LogP contribution in [-0.2, 0) is 18.4 Å². The highest BCUT2D eigenvalue weighted by molar-refractivity contribution is 6.31. The summed E-state index contributed by atoms with van der Waals surface area (Å²) in [4.78, 5) is 15.2. The molecule has 0 unspecified atom stereocenters. The van der Waals surface area contributed by atoms with Crippen molar-refractivity contribution in [2.24, 2.45) is 0 Å². The molecule has 0 aliphatic carbocycles. The Hall–Kier alpha value is -2.49. The van der Waals surface area contributed by atoms with E-state index in [0.29, 0.717) is 40.8 Å². The molecule has 1 amide bonds. The number of halogens is 2. The van der Waals surface area contributed by atoms with Gasteiger partial charge in [-0.1, -0.05) is 80.4 Å². The normalized spacial score (nSPS) is 11.4. The summed E-state index contributed by atoms with van der Waals surface area (Å²) in [7, 11) is 0. The third-order valence-corrected chi connectivity index (χ3v) is 5.76. The quantitative estimate of drug-likeness (QED) is 0.418. The topological polar surface area (TPSA) is 46.3 Å². The summed E-state index contributed by atoms with van der Waals surface area (Å²) in [5.41, 5.74) is 10.4. The smallest absolute Gasteiger partial charge is 0.256 e. The van der Waals surface area contributed by atoms with Crippen molar-refractivity contribution in [2.45, 2.75) is 39.2 Å². The van der Waals surface area contributed by atoms with E-state index in [1.807, 2.05) is 29.2 Å². The third kappa shape index (κ3) is 6.25. The lowest BCUT2D eigenvalue weighted by Gasteiger charge is -2.25. The van der Waals surface area contributed by atoms with Gasteiger partial charge in [-0.3, -0.25) is 4.79 Å². The molecule has 0 aromatic heterocycles. The zero-order valence-electron chi connectivity index (χ0n) is 18.2. The minimum absolute atomic E-state index is 0.0792. The maximum absolute atomic E-state index is 13.4. The van der Waals surface area contributed by atoms with Gasteiger partial charge in [-0.15, -0.1) is 0 Å². The molecule has 0 aliphatic heterocycles. The van der Waals surface area contributed by atoms with Gasteiger partial charge in [0.05, 0.1) is 5.56 Å². The van der Waals surface area contributed by atoms with E-state index in [-0.39, 0.29) is 11.3 Å². The van der Waals surface area contributed by atoms with Crippen molar-refractivity contribution in [3.05, 3.63) is 99.0 Å². The average molecular weight is 455 g/mol. The molecule has 3 rings (SSSR count). The summed E-state index contributed by atoms with van der Waals surface area (Å²) in [5, 5.41) is 1.18. The third-order valence-electron chi connectivity index (χ3n) is 5.29. The molecule has 5 heteroatoms. The Kier molecular flexibility index (Phi) is 7.30. The van der Waals surface area contributed by atoms with Gasteiger partial charge in [0.25, 0.3) is 5.91 Å². The Morgan fingerprint density at radius 3 is 2.23 bits per heavy atom. The molecule has 0 bridgehead atoms. The predicted molar refractivity (Wildman–Crippen MR) is 131 cm³/mol. The van der Waals surface area contributed by atoms with E-state index in [4.69, 9.17) is 28.9 Å². The second-order valence-corrected chi connectivity index (χ2v) is 9.66. The average Bonchev–Trinajstić information content (AvgIpc) is 2.72. The molecule has 0 heterocycles. The zero-order valence-corrected chi connectivity index (χ0v) is 19.7. The predicted octanol–water partition coefficient (Wildman–Crippen LogP) is 6.76. The van der Waals surface area contributed by atoms with Gasteiger partial charge in [0.15, 0.2) is 0 Å². The molecule has 0 spiro atoms. The van der Waals surface area contributed by atoms with Crippen molar-refractivity contribution >= 4 is 34.8 Å². The number of rotatable bonds is 6. The molecule has 0 aliphatic rings. The number of nitrogen functional groups attached to an aromatic ring is 1. The first-order valence-corrected chi connectivity index (χ1v) is 11.1. The van der Waals surface area contributed by atoms with E-state index in [1.165, 1.54) is 5.56 Å². The molecule has 3 aromatic carbocycles. The molecular formula is C26H28Cl2N2O. The van der Waals surface area contributed by atoms with E-state index < -0.39 is 0 Å². The Labute approximate surface area is 194 Å². The van der Waals surface area contributed by atoms with Crippen molar-refractivity contribution in [2.75, 3.05) is 12.3 Å². The van der Waals surface area contributed by atoms with Crippen molar-refractivity contribution in [1.82, 2.24) is 4.90 Å². The van der Waals surface area contributed by atoms with Crippen LogP contribution in [0.25, 0.3) is 0 Å². The minimum atomic E-state index is -0.137. The van der Waals surface area contributed by atoms with Gasteiger partial charge in [0.2, 0.25) is 0 Å². The highest BCUT2D eigenvalue weighted by Gasteiger charge is 2.20. The largest absolute Gasteiger partial charge is 0.398 e. The van der Waals surface area contributed by atoms with Crippen LogP contribution in [-0.4, -0.2) is 17.4 Å². The number of carbonyl (C=O) groups is 1. The fourth-order valence-electron chi connectivity index (χ4n) is 3.42. The molecule has 0 saturated carbocycles. The standard InChI is InChI=1S/C26H28Cl2N2O/c1-26(2,3)20-9-7-19(8-10-20)17-30(14-13-18-5-4-6-21(27)15-18)25(31)23-16-22(28)11-12-24(23)29/h4-12,15-16H,13-14,17,29H2,1-3H3. The number of amides is 1. The number of hydrogen-bond acceptors (Lipinski definition) is 2. The van der Waals surface area contributed by atoms with E-state index in [0.717, 1.165) is 11.1 Å². The molecule has 3 aromatic rings. The molecule has 0 atom stereocenters. The molecular weight excluding hydrogens is 427 g/mol. The van der Waals surface area contributed by atoms with Gasteiger partial charge in [0.1, 0.15) is 0 Å². The van der Waals surface area contributed by atoms with Crippen LogP contribution in [0.5, 0.6) is 0 Å². The Morgan fingerprint density at radius 1 is 0.903 bits per heavy atom. The van der Waals surface area contributed by atoms with Gasteiger partial charge in [-0.05, 0) is 58.9 Å². The number of benzene rings is 3. The molecule has 0 saturated heterocycles. The Morgan fingerprint density at radius 2 is 1.58 bits per heavy atom. The van der Waals surface area contributed by atoms with E-state index in [2.05, 4.69) is 45.0 Å². The summed E-state index contributed by atoms with van der Waals surface area (Å²) in [5.74, 6) is -0.137. The monoisotopic (exact) mass is 454 g/mol. The van der Waals surface area contributed by atoms with E-state index >= 15 is 0 Å². The lowest BCUT2D eigenvalue weighted by atomic mass is 9.87. The van der Waals surface area contributed by atoms with Crippen molar-refractivity contribution in [1.29, 1.82) is 0 Å². The molecule has 0 radical (unpaired) electrons. The second-order valence-electron chi connectivity index (χ2n) is 8.79. The van der Waals surface area contributed by atoms with Crippen LogP contribution in [0.1, 0.15) is 47.8 Å². The summed E-state index contributed by atoms with van der Waals surface area (Å²) in [6.07, 6.45) is 0.687. The van der Waals surface area contributed by atoms with Crippen LogP contribution in [0.4, 0.5) is 5.69 Å². The summed E-state index contributed by atoms with van der Waals surface area (Å²) in [6.45, 7) is 7.57. The first-order chi connectivity index (χ1) is 14.6. The van der Waals surface area contributed by atoms with Crippen LogP contribution >= 0.6 is 23.2 Å². The van der Waals surface area contributed by atoms with E-state index in [1.54, 1.807) is 18.2 Å². The molecule has 0 fully saturated rings. The summed E-state index contributed by atoms with van der Waals surface area (Å²) < 4.78 is 0. The number of carbonyl (C=O) groups excluding carboxylic acids is 1. The van der Waals surface area contributed by atoms with Crippen LogP contribution in [0.15, 0.2) is 66.7 Å². The molecule has 2 N–H and O–H groups in total. The van der Waals surface area contributed by atoms with Crippen LogP contribution in [0.3, 0.4) is 0 Å². The number of nitrogens with two attached hydrogens (primary N) is 1. The van der Waals surface area contributed by atoms with Crippen LogP contribution < -0.4 is 5.73 Å². The molecule has 31 heavy (non-hydrogen) atoms. The minimum Gasteiger partial charge on any atom is -0.398 e. The fraction of sp³-hybridized carbons (Fsp3) is 0.269. The lowest BCUT2D eigenvalue weighted by molar-refractivity contribution is 0.0746. The first kappa shape index (κ1) is 23.2. The summed E-state index contributed by atoms with van der Waals surface area (Å²) >= 11 is 12.3. The maximum Gasteiger partial charge on any atom is 0.256 e. The van der Waals surface area contributed by atoms with Crippen LogP contribution in [0, 0.1) is 0 Å². The maximum atomic E-state index is 13.4. The van der Waals surface area contributed by atoms with Crippen molar-refractivity contribution in [3.8, 4) is 0 Å². The molecule has 3 nitrogen and oxygen atoms in total.